The van der Waals surface area contributed by atoms with Crippen LogP contribution in [0.25, 0.3) is 11.3 Å². The van der Waals surface area contributed by atoms with Gasteiger partial charge in [-0.15, -0.1) is 0 Å². The fourth-order valence-corrected chi connectivity index (χ4v) is 1.36. The number of nitrogens with zero attached hydrogens (tertiary/aromatic N) is 2. The van der Waals surface area contributed by atoms with E-state index in [-0.39, 0.29) is 5.15 Å². The van der Waals surface area contributed by atoms with E-state index in [0.29, 0.717) is 5.82 Å². The van der Waals surface area contributed by atoms with Crippen LogP contribution < -0.4 is 11.3 Å². The number of aromatic nitrogens is 2. The number of benzene rings is 1. The first-order valence-electron chi connectivity index (χ1n) is 4.36. The van der Waals surface area contributed by atoms with Crippen LogP contribution in [0.5, 0.6) is 0 Å². The van der Waals surface area contributed by atoms with E-state index >= 15 is 0 Å². The largest absolute Gasteiger partial charge is 0.306 e. The Morgan fingerprint density at radius 1 is 1.20 bits per heavy atom. The smallest absolute Gasteiger partial charge is 0.178 e. The number of hydrogen-bond acceptors (Lipinski definition) is 4. The van der Waals surface area contributed by atoms with E-state index in [4.69, 9.17) is 17.4 Å². The molecule has 5 heteroatoms. The standard InChI is InChI=1S/C10H9ClN4/c11-9-10(15-12)14-8(6-13-9)7-4-2-1-3-5-7/h1-6H,12H2,(H,14,15). The highest BCUT2D eigenvalue weighted by Crippen LogP contribution is 2.21. The summed E-state index contributed by atoms with van der Waals surface area (Å²) in [5.41, 5.74) is 4.10. The maximum Gasteiger partial charge on any atom is 0.178 e. The van der Waals surface area contributed by atoms with E-state index in [1.165, 1.54) is 0 Å². The Balaban J connectivity index is 2.46. The lowest BCUT2D eigenvalue weighted by Gasteiger charge is -2.04. The Morgan fingerprint density at radius 3 is 2.60 bits per heavy atom. The summed E-state index contributed by atoms with van der Waals surface area (Å²) in [5.74, 6) is 5.63. The van der Waals surface area contributed by atoms with Crippen molar-refractivity contribution >= 4 is 17.4 Å². The number of rotatable bonds is 2. The molecule has 1 aromatic carbocycles. The van der Waals surface area contributed by atoms with E-state index in [1.54, 1.807) is 6.20 Å². The first-order chi connectivity index (χ1) is 7.31. The number of hydrogen-bond donors (Lipinski definition) is 2. The fourth-order valence-electron chi connectivity index (χ4n) is 1.21. The summed E-state index contributed by atoms with van der Waals surface area (Å²) in [6.07, 6.45) is 1.61. The highest BCUT2D eigenvalue weighted by Gasteiger charge is 2.04. The van der Waals surface area contributed by atoms with Crippen LogP contribution in [0.3, 0.4) is 0 Å². The van der Waals surface area contributed by atoms with Gasteiger partial charge in [0.15, 0.2) is 11.0 Å². The second-order valence-corrected chi connectivity index (χ2v) is 3.26. The van der Waals surface area contributed by atoms with Crippen LogP contribution in [0.1, 0.15) is 0 Å². The maximum absolute atomic E-state index is 5.77. The average Bonchev–Trinajstić information content (AvgIpc) is 2.31. The van der Waals surface area contributed by atoms with Crippen molar-refractivity contribution in [2.24, 2.45) is 5.84 Å². The molecule has 0 amide bonds. The van der Waals surface area contributed by atoms with E-state index in [2.05, 4.69) is 15.4 Å². The van der Waals surface area contributed by atoms with Crippen LogP contribution in [0.4, 0.5) is 5.82 Å². The maximum atomic E-state index is 5.77. The molecule has 2 aromatic rings. The van der Waals surface area contributed by atoms with E-state index in [9.17, 15) is 0 Å². The predicted octanol–water partition coefficient (Wildman–Crippen LogP) is 2.08. The second-order valence-electron chi connectivity index (χ2n) is 2.91. The van der Waals surface area contributed by atoms with Crippen LogP contribution in [-0.2, 0) is 0 Å². The Kier molecular flexibility index (Phi) is 2.80. The minimum Gasteiger partial charge on any atom is -0.306 e. The van der Waals surface area contributed by atoms with Gasteiger partial charge in [0, 0.05) is 5.56 Å². The normalized spacial score (nSPS) is 10.0. The van der Waals surface area contributed by atoms with Crippen LogP contribution in [-0.4, -0.2) is 9.97 Å². The molecule has 0 saturated heterocycles. The minimum absolute atomic E-state index is 0.261. The minimum atomic E-state index is 0.261. The summed E-state index contributed by atoms with van der Waals surface area (Å²) in [7, 11) is 0. The van der Waals surface area contributed by atoms with Gasteiger partial charge in [-0.2, -0.15) is 0 Å². The van der Waals surface area contributed by atoms with Gasteiger partial charge in [-0.1, -0.05) is 41.9 Å². The number of nitrogens with one attached hydrogen (secondary N) is 1. The van der Waals surface area contributed by atoms with Crippen LogP contribution >= 0.6 is 11.6 Å². The Bertz CT molecular complexity index is 458. The summed E-state index contributed by atoms with van der Waals surface area (Å²) >= 11 is 5.77. The van der Waals surface area contributed by atoms with Gasteiger partial charge in [0.05, 0.1) is 11.9 Å². The molecule has 0 radical (unpaired) electrons. The molecule has 1 heterocycles. The summed E-state index contributed by atoms with van der Waals surface area (Å²) < 4.78 is 0. The number of nitrogens with two attached hydrogens (primary N) is 1. The first kappa shape index (κ1) is 9.89. The molecule has 0 atom stereocenters. The first-order valence-corrected chi connectivity index (χ1v) is 4.73. The van der Waals surface area contributed by atoms with E-state index < -0.39 is 0 Å². The molecular formula is C10H9ClN4. The summed E-state index contributed by atoms with van der Waals surface area (Å²) in [4.78, 5) is 8.22. The molecule has 0 aliphatic heterocycles. The molecule has 1 aromatic heterocycles. The van der Waals surface area contributed by atoms with E-state index in [0.717, 1.165) is 11.3 Å². The lowest BCUT2D eigenvalue weighted by atomic mass is 10.2. The summed E-state index contributed by atoms with van der Waals surface area (Å²) in [6.45, 7) is 0. The molecule has 0 aliphatic rings. The number of anilines is 1. The summed E-state index contributed by atoms with van der Waals surface area (Å²) in [6, 6.07) is 9.69. The molecule has 0 aliphatic carbocycles. The fraction of sp³-hybridized carbons (Fsp3) is 0. The highest BCUT2D eigenvalue weighted by atomic mass is 35.5. The lowest BCUT2D eigenvalue weighted by molar-refractivity contribution is 1.16. The predicted molar refractivity (Wildman–Crippen MR) is 60.3 cm³/mol. The van der Waals surface area contributed by atoms with Crippen molar-refractivity contribution < 1.29 is 0 Å². The third-order valence-electron chi connectivity index (χ3n) is 1.93. The molecule has 0 unspecified atom stereocenters. The van der Waals surface area contributed by atoms with Crippen molar-refractivity contribution in [3.8, 4) is 11.3 Å². The van der Waals surface area contributed by atoms with Gasteiger partial charge in [-0.3, -0.25) is 0 Å². The number of halogens is 1. The SMILES string of the molecule is NNc1nc(-c2ccccc2)cnc1Cl. The molecule has 3 N–H and O–H groups in total. The van der Waals surface area contributed by atoms with Crippen molar-refractivity contribution in [1.29, 1.82) is 0 Å². The number of hydrazine groups is 1. The average molecular weight is 221 g/mol. The van der Waals surface area contributed by atoms with Crippen molar-refractivity contribution in [2.45, 2.75) is 0 Å². The zero-order valence-corrected chi connectivity index (χ0v) is 8.57. The third kappa shape index (κ3) is 2.06. The van der Waals surface area contributed by atoms with Gasteiger partial charge < -0.3 is 5.43 Å². The van der Waals surface area contributed by atoms with Crippen LogP contribution in [0.2, 0.25) is 5.15 Å². The van der Waals surface area contributed by atoms with Gasteiger partial charge in [0.25, 0.3) is 0 Å². The Hall–Kier alpha value is -1.65. The molecule has 0 fully saturated rings. The number of nitrogen functional groups attached to an aromatic ring is 1. The Labute approximate surface area is 92.1 Å². The quantitative estimate of drug-likeness (QED) is 0.601. The van der Waals surface area contributed by atoms with Gasteiger partial charge >= 0.3 is 0 Å². The second kappa shape index (κ2) is 4.25. The lowest BCUT2D eigenvalue weighted by Crippen LogP contribution is -2.10. The highest BCUT2D eigenvalue weighted by molar-refractivity contribution is 6.31. The van der Waals surface area contributed by atoms with E-state index in [1.807, 2.05) is 30.3 Å². The molecule has 15 heavy (non-hydrogen) atoms. The van der Waals surface area contributed by atoms with Gasteiger partial charge in [0.2, 0.25) is 0 Å². The molecule has 0 bridgehead atoms. The zero-order valence-electron chi connectivity index (χ0n) is 7.81. The van der Waals surface area contributed by atoms with Gasteiger partial charge in [0.1, 0.15) is 0 Å². The summed E-state index contributed by atoms with van der Waals surface area (Å²) in [5, 5.41) is 0.261. The third-order valence-corrected chi connectivity index (χ3v) is 2.21. The van der Waals surface area contributed by atoms with Gasteiger partial charge in [-0.25, -0.2) is 15.8 Å². The molecular weight excluding hydrogens is 212 g/mol. The molecule has 76 valence electrons. The topological polar surface area (TPSA) is 63.8 Å². The molecule has 4 nitrogen and oxygen atoms in total. The molecule has 0 spiro atoms. The van der Waals surface area contributed by atoms with Crippen molar-refractivity contribution in [3.63, 3.8) is 0 Å². The van der Waals surface area contributed by atoms with Crippen molar-refractivity contribution in [1.82, 2.24) is 9.97 Å². The molecule has 0 saturated carbocycles. The molecule has 2 rings (SSSR count). The van der Waals surface area contributed by atoms with Crippen molar-refractivity contribution in [3.05, 3.63) is 41.7 Å². The van der Waals surface area contributed by atoms with Crippen LogP contribution in [0, 0.1) is 0 Å². The van der Waals surface area contributed by atoms with Crippen LogP contribution in [0.15, 0.2) is 36.5 Å². The van der Waals surface area contributed by atoms with Gasteiger partial charge in [-0.05, 0) is 0 Å². The monoisotopic (exact) mass is 220 g/mol. The Morgan fingerprint density at radius 2 is 1.93 bits per heavy atom. The zero-order chi connectivity index (χ0) is 10.7. The van der Waals surface area contributed by atoms with Crippen molar-refractivity contribution in [2.75, 3.05) is 5.43 Å².